The molecule has 4 saturated heterocycles. The second kappa shape index (κ2) is 7.90. The van der Waals surface area contributed by atoms with Crippen molar-refractivity contribution in [2.45, 2.75) is 126 Å². The zero-order chi connectivity index (χ0) is 27.0. The Morgan fingerprint density at radius 1 is 1.05 bits per heavy atom. The fourth-order valence-corrected chi connectivity index (χ4v) is 10.4. The lowest BCUT2D eigenvalue weighted by molar-refractivity contribution is -0.436. The second-order valence-corrected chi connectivity index (χ2v) is 14.0. The normalized spacial score (nSPS) is 60.8. The summed E-state index contributed by atoms with van der Waals surface area (Å²) in [6, 6.07) is 0. The van der Waals surface area contributed by atoms with Crippen LogP contribution in [0, 0.1) is 35.5 Å². The molecule has 4 aliphatic heterocycles. The summed E-state index contributed by atoms with van der Waals surface area (Å²) in [6.45, 7) is 12.0. The van der Waals surface area contributed by atoms with Gasteiger partial charge in [-0.05, 0) is 43.1 Å². The molecule has 0 radical (unpaired) electrons. The summed E-state index contributed by atoms with van der Waals surface area (Å²) in [6.07, 6.45) is 4.60. The molecular formula is C30H44O8. The molecule has 14 atom stereocenters. The molecule has 2 spiro atoms. The van der Waals surface area contributed by atoms with Gasteiger partial charge in [-0.3, -0.25) is 4.79 Å². The predicted molar refractivity (Wildman–Crippen MR) is 136 cm³/mol. The van der Waals surface area contributed by atoms with E-state index in [1.807, 2.05) is 13.8 Å². The zero-order valence-corrected chi connectivity index (χ0v) is 23.2. The quantitative estimate of drug-likeness (QED) is 0.367. The molecule has 3 bridgehead atoms. The summed E-state index contributed by atoms with van der Waals surface area (Å²) in [5.41, 5.74) is -4.56. The molecule has 8 nitrogen and oxygen atoms in total. The Morgan fingerprint density at radius 2 is 1.76 bits per heavy atom. The number of hydrogen-bond acceptors (Lipinski definition) is 8. The maximum atomic E-state index is 14.2. The molecule has 4 heterocycles. The Morgan fingerprint density at radius 3 is 2.47 bits per heavy atom. The van der Waals surface area contributed by atoms with Gasteiger partial charge in [-0.25, -0.2) is 0 Å². The van der Waals surface area contributed by atoms with Gasteiger partial charge in [-0.2, -0.15) is 0 Å². The summed E-state index contributed by atoms with van der Waals surface area (Å²) >= 11 is 0. The first-order chi connectivity index (χ1) is 18.0. The molecule has 0 amide bonds. The van der Waals surface area contributed by atoms with E-state index in [0.29, 0.717) is 12.8 Å². The van der Waals surface area contributed by atoms with E-state index in [4.69, 9.17) is 18.9 Å². The highest BCUT2D eigenvalue weighted by Gasteiger charge is 2.89. The van der Waals surface area contributed by atoms with Crippen LogP contribution in [0.15, 0.2) is 12.2 Å². The average molecular weight is 533 g/mol. The minimum atomic E-state index is -2.11. The molecule has 212 valence electrons. The van der Waals surface area contributed by atoms with Gasteiger partial charge >= 0.3 is 0 Å². The lowest BCUT2D eigenvalue weighted by Gasteiger charge is -2.61. The van der Waals surface area contributed by atoms with Crippen molar-refractivity contribution in [3.05, 3.63) is 12.2 Å². The van der Waals surface area contributed by atoms with Crippen molar-refractivity contribution in [3.63, 3.8) is 0 Å². The fourth-order valence-electron chi connectivity index (χ4n) is 10.4. The monoisotopic (exact) mass is 532 g/mol. The van der Waals surface area contributed by atoms with Gasteiger partial charge in [0, 0.05) is 24.2 Å². The number of ether oxygens (including phenoxy) is 4. The van der Waals surface area contributed by atoms with E-state index in [1.54, 1.807) is 0 Å². The first-order valence-electron chi connectivity index (χ1n) is 14.9. The molecule has 8 heteroatoms. The van der Waals surface area contributed by atoms with Crippen molar-refractivity contribution < 1.29 is 39.1 Å². The number of aliphatic hydroxyl groups is 3. The van der Waals surface area contributed by atoms with Crippen molar-refractivity contribution in [3.8, 4) is 0 Å². The Hall–Kier alpha value is -0.870. The van der Waals surface area contributed by atoms with Crippen LogP contribution < -0.4 is 0 Å². The van der Waals surface area contributed by atoms with Crippen LogP contribution in [0.5, 0.6) is 0 Å². The Labute approximate surface area is 225 Å². The van der Waals surface area contributed by atoms with Gasteiger partial charge in [0.25, 0.3) is 5.97 Å². The first kappa shape index (κ1) is 26.1. The van der Waals surface area contributed by atoms with Crippen molar-refractivity contribution in [1.82, 2.24) is 0 Å². The smallest absolute Gasteiger partial charge is 0.284 e. The number of epoxide rings is 1. The standard InChI is InChI=1S/C30H44O8/c1-15(2)26-13-17(4)30-20-23(26)36-28(37-26,38-30)12-10-8-6-7-9-11-16(3)19-18(5)22(32)29(34,21(19)30)25(33)27(14-31)24(20)35-27/h16-21,23-25,31,33-34H,1,6-14H2,2-5H3/t16-,17-,18+,19+,20-,21-,23-,24+,25-,26-,27+,28-,29-,30-/m1/s1. The van der Waals surface area contributed by atoms with Gasteiger partial charge in [0.05, 0.1) is 12.2 Å². The van der Waals surface area contributed by atoms with E-state index in [-0.39, 0.29) is 23.5 Å². The summed E-state index contributed by atoms with van der Waals surface area (Å²) in [5.74, 6) is -3.48. The van der Waals surface area contributed by atoms with Crippen molar-refractivity contribution in [1.29, 1.82) is 0 Å². The zero-order valence-electron chi connectivity index (χ0n) is 23.2. The van der Waals surface area contributed by atoms with Gasteiger partial charge in [-0.15, -0.1) is 0 Å². The van der Waals surface area contributed by atoms with Crippen LogP contribution in [0.25, 0.3) is 0 Å². The number of aliphatic hydroxyl groups excluding tert-OH is 2. The van der Waals surface area contributed by atoms with Gasteiger partial charge < -0.3 is 34.3 Å². The molecule has 3 N–H and O–H groups in total. The van der Waals surface area contributed by atoms with Crippen LogP contribution in [0.2, 0.25) is 0 Å². The van der Waals surface area contributed by atoms with Crippen molar-refractivity contribution in [2.75, 3.05) is 6.61 Å². The number of fused-ring (bicyclic) bond motifs is 1. The molecule has 38 heavy (non-hydrogen) atoms. The number of ketones is 1. The van der Waals surface area contributed by atoms with Crippen molar-refractivity contribution in [2.24, 2.45) is 35.5 Å². The third-order valence-electron chi connectivity index (χ3n) is 12.1. The maximum absolute atomic E-state index is 14.2. The van der Waals surface area contributed by atoms with E-state index in [9.17, 15) is 20.1 Å². The highest BCUT2D eigenvalue weighted by Crippen LogP contribution is 2.74. The van der Waals surface area contributed by atoms with E-state index < -0.39 is 71.0 Å². The first-order valence-corrected chi connectivity index (χ1v) is 14.9. The van der Waals surface area contributed by atoms with Crippen LogP contribution in [0.3, 0.4) is 0 Å². The van der Waals surface area contributed by atoms with Crippen LogP contribution >= 0.6 is 0 Å². The van der Waals surface area contributed by atoms with Crippen LogP contribution in [-0.4, -0.2) is 74.4 Å². The van der Waals surface area contributed by atoms with Gasteiger partial charge in [-0.1, -0.05) is 59.5 Å². The molecule has 7 fully saturated rings. The molecule has 7 rings (SSSR count). The third-order valence-corrected chi connectivity index (χ3v) is 12.1. The number of Topliss-reactive ketones (excluding diaryl/α,β-unsaturated/α-hetero) is 1. The Balaban J connectivity index is 1.51. The van der Waals surface area contributed by atoms with Crippen LogP contribution in [-0.2, 0) is 23.7 Å². The lowest BCUT2D eigenvalue weighted by atomic mass is 9.52. The Bertz CT molecular complexity index is 1060. The Kier molecular flexibility index (Phi) is 5.42. The molecule has 0 unspecified atom stereocenters. The van der Waals surface area contributed by atoms with Gasteiger partial charge in [0.1, 0.15) is 29.5 Å². The molecular weight excluding hydrogens is 488 g/mol. The molecule has 3 aliphatic carbocycles. The fraction of sp³-hybridized carbons (Fsp3) is 0.900. The lowest BCUT2D eigenvalue weighted by Crippen LogP contribution is -2.73. The van der Waals surface area contributed by atoms with Crippen LogP contribution in [0.1, 0.15) is 79.1 Å². The summed E-state index contributed by atoms with van der Waals surface area (Å²) in [4.78, 5) is 14.2. The minimum Gasteiger partial charge on any atom is -0.393 e. The van der Waals surface area contributed by atoms with E-state index in [2.05, 4.69) is 20.4 Å². The molecule has 0 aromatic heterocycles. The molecule has 7 aliphatic rings. The topological polar surface area (TPSA) is 118 Å². The third kappa shape index (κ3) is 2.74. The largest absolute Gasteiger partial charge is 0.393 e. The summed E-state index contributed by atoms with van der Waals surface area (Å²) in [5, 5.41) is 35.2. The number of carbonyl (C=O) groups excluding carboxylic acids is 1. The van der Waals surface area contributed by atoms with Crippen LogP contribution in [0.4, 0.5) is 0 Å². The molecule has 3 saturated carbocycles. The minimum absolute atomic E-state index is 0.136. The van der Waals surface area contributed by atoms with Gasteiger partial charge in [0.2, 0.25) is 0 Å². The van der Waals surface area contributed by atoms with E-state index in [0.717, 1.165) is 44.1 Å². The number of hydrogen-bond donors (Lipinski definition) is 3. The number of carbonyl (C=O) groups is 1. The van der Waals surface area contributed by atoms with Gasteiger partial charge in [0.15, 0.2) is 11.4 Å². The molecule has 0 aromatic rings. The second-order valence-electron chi connectivity index (χ2n) is 14.0. The summed E-state index contributed by atoms with van der Waals surface area (Å²) < 4.78 is 27.2. The maximum Gasteiger partial charge on any atom is 0.284 e. The van der Waals surface area contributed by atoms with Crippen molar-refractivity contribution >= 4 is 5.78 Å². The van der Waals surface area contributed by atoms with E-state index in [1.165, 1.54) is 0 Å². The highest BCUT2D eigenvalue weighted by molar-refractivity contribution is 5.93. The predicted octanol–water partition coefficient (Wildman–Crippen LogP) is 2.86. The highest BCUT2D eigenvalue weighted by atomic mass is 16.9. The summed E-state index contributed by atoms with van der Waals surface area (Å²) in [7, 11) is 0. The van der Waals surface area contributed by atoms with E-state index >= 15 is 0 Å². The number of rotatable bonds is 2. The average Bonchev–Trinajstić information content (AvgIpc) is 3.52. The molecule has 0 aromatic carbocycles. The SMILES string of the molecule is C=C(C)[C@]12C[C@@H](C)[C@@]34O[C@@]5(CCCCCCC[C@@H](C)[C@H]6[C@H](C)C(=O)[C@@](O)([C@H](O)[C@@]7(CO)O[C@H]7[C@H]3[C@H]1O5)[C@@H]64)O2.